The molecule has 0 saturated heterocycles. The van der Waals surface area contributed by atoms with Crippen molar-refractivity contribution >= 4 is 0 Å². The van der Waals surface area contributed by atoms with Crippen molar-refractivity contribution < 1.29 is 0 Å². The van der Waals surface area contributed by atoms with Crippen LogP contribution in [0.3, 0.4) is 0 Å². The van der Waals surface area contributed by atoms with Gasteiger partial charge in [0.1, 0.15) is 0 Å². The molecule has 3 saturated carbocycles. The summed E-state index contributed by atoms with van der Waals surface area (Å²) in [5, 5.41) is 0. The smallest absolute Gasteiger partial charge is 0.0171 e. The summed E-state index contributed by atoms with van der Waals surface area (Å²) in [6.45, 7) is 20.0. The van der Waals surface area contributed by atoms with Crippen molar-refractivity contribution in [1.82, 2.24) is 0 Å². The first-order chi connectivity index (χ1) is 8.71. The van der Waals surface area contributed by atoms with Crippen LogP contribution < -0.4 is 0 Å². The second-order valence-corrected chi connectivity index (χ2v) is 9.20. The zero-order valence-corrected chi connectivity index (χ0v) is 14.3. The van der Waals surface area contributed by atoms with Crippen LogP contribution in [-0.2, 0) is 0 Å². The zero-order chi connectivity index (χ0) is 14.3. The molecule has 110 valence electrons. The topological polar surface area (TPSA) is 0 Å². The third kappa shape index (κ3) is 1.37. The van der Waals surface area contributed by atoms with E-state index in [2.05, 4.69) is 55.4 Å². The Morgan fingerprint density at radius 2 is 1.53 bits per heavy atom. The maximum atomic E-state index is 2.66. The largest absolute Gasteiger partial charge is 0.0625 e. The van der Waals surface area contributed by atoms with Crippen LogP contribution in [0, 0.1) is 58.2 Å². The molecule has 3 fully saturated rings. The predicted molar refractivity (Wildman–Crippen MR) is 82.8 cm³/mol. The van der Waals surface area contributed by atoms with Gasteiger partial charge in [0.25, 0.3) is 0 Å². The fourth-order valence-electron chi connectivity index (χ4n) is 7.50. The van der Waals surface area contributed by atoms with Gasteiger partial charge in [0.2, 0.25) is 0 Å². The van der Waals surface area contributed by atoms with Crippen molar-refractivity contribution in [1.29, 1.82) is 0 Å². The van der Waals surface area contributed by atoms with Gasteiger partial charge in [0.15, 0.2) is 0 Å². The summed E-state index contributed by atoms with van der Waals surface area (Å²) in [6, 6.07) is 0. The highest BCUT2D eigenvalue weighted by Gasteiger charge is 2.84. The summed E-state index contributed by atoms with van der Waals surface area (Å²) in [5.41, 5.74) is 1.39. The van der Waals surface area contributed by atoms with E-state index < -0.39 is 0 Å². The number of hydrogen-bond donors (Lipinski definition) is 0. The van der Waals surface area contributed by atoms with E-state index in [-0.39, 0.29) is 0 Å². The minimum absolute atomic E-state index is 0.669. The summed E-state index contributed by atoms with van der Waals surface area (Å²) in [4.78, 5) is 0. The van der Waals surface area contributed by atoms with Crippen LogP contribution in [0.2, 0.25) is 0 Å². The molecule has 1 spiro atoms. The van der Waals surface area contributed by atoms with Gasteiger partial charge >= 0.3 is 0 Å². The Bertz CT molecular complexity index is 377. The molecule has 0 N–H and O–H groups in total. The molecule has 3 aliphatic carbocycles. The molecule has 0 aromatic rings. The third-order valence-electron chi connectivity index (χ3n) is 8.09. The van der Waals surface area contributed by atoms with Crippen LogP contribution in [0.5, 0.6) is 0 Å². The maximum Gasteiger partial charge on any atom is -0.0171 e. The van der Waals surface area contributed by atoms with Crippen molar-refractivity contribution in [3.63, 3.8) is 0 Å². The Balaban J connectivity index is 1.85. The van der Waals surface area contributed by atoms with Crippen LogP contribution in [0.25, 0.3) is 0 Å². The molecule has 3 aliphatic rings. The van der Waals surface area contributed by atoms with Crippen LogP contribution in [0.1, 0.15) is 61.8 Å². The van der Waals surface area contributed by atoms with E-state index in [0.717, 1.165) is 52.8 Å². The lowest BCUT2D eigenvalue weighted by Gasteiger charge is -2.50. The lowest BCUT2D eigenvalue weighted by Crippen LogP contribution is -2.44. The molecule has 0 bridgehead atoms. The summed E-state index contributed by atoms with van der Waals surface area (Å²) >= 11 is 0. The summed E-state index contributed by atoms with van der Waals surface area (Å²) < 4.78 is 0. The SMILES string of the molecule is CC(C)C1C(C)C1C1(C)C(C)C12CC(C)C2C(C)C. The Morgan fingerprint density at radius 3 is 1.89 bits per heavy atom. The van der Waals surface area contributed by atoms with Crippen LogP contribution in [-0.4, -0.2) is 0 Å². The molecule has 0 aromatic carbocycles. The van der Waals surface area contributed by atoms with Gasteiger partial charge < -0.3 is 0 Å². The van der Waals surface area contributed by atoms with E-state index in [4.69, 9.17) is 0 Å². The normalized spacial score (nSPS) is 59.7. The lowest BCUT2D eigenvalue weighted by atomic mass is 9.54. The molecule has 0 amide bonds. The average molecular weight is 262 g/mol. The minimum atomic E-state index is 0.669. The summed E-state index contributed by atoms with van der Waals surface area (Å²) in [7, 11) is 0. The molecule has 8 unspecified atom stereocenters. The molecule has 8 atom stereocenters. The molecular formula is C19H34. The van der Waals surface area contributed by atoms with E-state index in [1.54, 1.807) is 0 Å². The fourth-order valence-corrected chi connectivity index (χ4v) is 7.50. The minimum Gasteiger partial charge on any atom is -0.0625 e. The number of hydrogen-bond acceptors (Lipinski definition) is 0. The molecule has 0 aliphatic heterocycles. The van der Waals surface area contributed by atoms with Crippen LogP contribution in [0.15, 0.2) is 0 Å². The zero-order valence-electron chi connectivity index (χ0n) is 14.3. The Hall–Kier alpha value is 0. The van der Waals surface area contributed by atoms with Crippen molar-refractivity contribution in [3.8, 4) is 0 Å². The predicted octanol–water partition coefficient (Wildman–Crippen LogP) is 5.48. The molecular weight excluding hydrogens is 228 g/mol. The Morgan fingerprint density at radius 1 is 0.947 bits per heavy atom. The molecule has 0 heterocycles. The van der Waals surface area contributed by atoms with Gasteiger partial charge in [-0.05, 0) is 64.6 Å². The first-order valence-corrected chi connectivity index (χ1v) is 8.71. The van der Waals surface area contributed by atoms with E-state index in [1.807, 2.05) is 0 Å². The van der Waals surface area contributed by atoms with Gasteiger partial charge in [-0.25, -0.2) is 0 Å². The van der Waals surface area contributed by atoms with Crippen LogP contribution >= 0.6 is 0 Å². The van der Waals surface area contributed by atoms with E-state index in [1.165, 1.54) is 6.42 Å². The average Bonchev–Trinajstić information content (AvgIpc) is 3.06. The van der Waals surface area contributed by atoms with Crippen molar-refractivity contribution in [3.05, 3.63) is 0 Å². The molecule has 0 radical (unpaired) electrons. The highest BCUT2D eigenvalue weighted by Crippen LogP contribution is 2.89. The number of rotatable bonds is 3. The second kappa shape index (κ2) is 3.80. The maximum absolute atomic E-state index is 2.66. The van der Waals surface area contributed by atoms with Crippen LogP contribution in [0.4, 0.5) is 0 Å². The molecule has 0 aromatic heterocycles. The van der Waals surface area contributed by atoms with Gasteiger partial charge in [-0.2, -0.15) is 0 Å². The molecule has 3 rings (SSSR count). The molecule has 19 heavy (non-hydrogen) atoms. The Labute approximate surface area is 120 Å². The van der Waals surface area contributed by atoms with Gasteiger partial charge in [0.05, 0.1) is 0 Å². The summed E-state index contributed by atoms with van der Waals surface area (Å²) in [5.74, 6) is 7.71. The standard InChI is InChI=1S/C19H34/c1-10(2)15-13(6)17(15)18(8)14(7)19(18)9-12(5)16(19)11(3)4/h10-17H,9H2,1-8H3. The van der Waals surface area contributed by atoms with E-state index in [0.29, 0.717) is 5.41 Å². The Kier molecular flexibility index (Phi) is 2.79. The fraction of sp³-hybridized carbons (Fsp3) is 1.00. The van der Waals surface area contributed by atoms with E-state index in [9.17, 15) is 0 Å². The first kappa shape index (κ1) is 14.0. The van der Waals surface area contributed by atoms with Gasteiger partial charge in [0, 0.05) is 0 Å². The molecule has 0 heteroatoms. The van der Waals surface area contributed by atoms with E-state index >= 15 is 0 Å². The van der Waals surface area contributed by atoms with Gasteiger partial charge in [-0.1, -0.05) is 55.4 Å². The monoisotopic (exact) mass is 262 g/mol. The molecule has 0 nitrogen and oxygen atoms in total. The highest BCUT2D eigenvalue weighted by molar-refractivity contribution is 5.31. The van der Waals surface area contributed by atoms with Crippen molar-refractivity contribution in [2.45, 2.75) is 61.8 Å². The van der Waals surface area contributed by atoms with Crippen molar-refractivity contribution in [2.24, 2.45) is 58.2 Å². The highest BCUT2D eigenvalue weighted by atomic mass is 14.9. The third-order valence-corrected chi connectivity index (χ3v) is 8.09. The first-order valence-electron chi connectivity index (χ1n) is 8.71. The van der Waals surface area contributed by atoms with Gasteiger partial charge in [-0.3, -0.25) is 0 Å². The second-order valence-electron chi connectivity index (χ2n) is 9.20. The quantitative estimate of drug-likeness (QED) is 0.632. The summed E-state index contributed by atoms with van der Waals surface area (Å²) in [6.07, 6.45) is 1.52. The lowest BCUT2D eigenvalue weighted by molar-refractivity contribution is -0.0222. The van der Waals surface area contributed by atoms with Crippen molar-refractivity contribution in [2.75, 3.05) is 0 Å². The van der Waals surface area contributed by atoms with Gasteiger partial charge in [-0.15, -0.1) is 0 Å².